The van der Waals surface area contributed by atoms with Crippen molar-refractivity contribution in [1.29, 1.82) is 0 Å². The van der Waals surface area contributed by atoms with Crippen molar-refractivity contribution in [2.45, 2.75) is 77.8 Å². The maximum atomic E-state index is 13.8. The molecule has 4 aliphatic rings. The van der Waals surface area contributed by atoms with Crippen LogP contribution in [-0.2, 0) is 14.3 Å². The Morgan fingerprint density at radius 3 is 2.39 bits per heavy atom. The molecule has 4 saturated carbocycles. The normalized spacial score (nSPS) is 52.0. The Morgan fingerprint density at radius 2 is 1.79 bits per heavy atom. The molecule has 0 amide bonds. The Balaban J connectivity index is 1.95. The van der Waals surface area contributed by atoms with Crippen molar-refractivity contribution in [3.05, 3.63) is 12.2 Å². The number of esters is 1. The molecule has 6 nitrogen and oxygen atoms in total. The molecule has 9 atom stereocenters. The third kappa shape index (κ3) is 2.09. The summed E-state index contributed by atoms with van der Waals surface area (Å²) in [6.07, 6.45) is -1.53. The molecule has 156 valence electrons. The Morgan fingerprint density at radius 1 is 1.14 bits per heavy atom. The average molecular weight is 392 g/mol. The summed E-state index contributed by atoms with van der Waals surface area (Å²) in [4.78, 5) is 25.6. The highest BCUT2D eigenvalue weighted by Gasteiger charge is 2.78. The van der Waals surface area contributed by atoms with Crippen molar-refractivity contribution in [2.24, 2.45) is 34.0 Å². The lowest BCUT2D eigenvalue weighted by Gasteiger charge is -2.66. The van der Waals surface area contributed by atoms with E-state index in [1.807, 2.05) is 20.8 Å². The summed E-state index contributed by atoms with van der Waals surface area (Å²) < 4.78 is 5.59. The summed E-state index contributed by atoms with van der Waals surface area (Å²) in [6, 6.07) is 0. The topological polar surface area (TPSA) is 104 Å². The highest BCUT2D eigenvalue weighted by atomic mass is 16.5. The Labute approximate surface area is 166 Å². The van der Waals surface area contributed by atoms with Gasteiger partial charge in [0.15, 0.2) is 5.78 Å². The molecule has 4 rings (SSSR count). The minimum Gasteiger partial charge on any atom is -0.457 e. The molecule has 0 aliphatic heterocycles. The molecule has 28 heavy (non-hydrogen) atoms. The van der Waals surface area contributed by atoms with Gasteiger partial charge in [-0.1, -0.05) is 27.4 Å². The number of fused-ring (bicyclic) bond motifs is 3. The van der Waals surface area contributed by atoms with Crippen LogP contribution in [0.1, 0.15) is 53.4 Å². The molecule has 0 saturated heterocycles. The van der Waals surface area contributed by atoms with Gasteiger partial charge in [0.1, 0.15) is 17.6 Å². The molecule has 1 spiro atoms. The van der Waals surface area contributed by atoms with Gasteiger partial charge in [0.05, 0.1) is 12.2 Å². The van der Waals surface area contributed by atoms with Gasteiger partial charge in [-0.25, -0.2) is 0 Å². The maximum Gasteiger partial charge on any atom is 0.303 e. The first kappa shape index (κ1) is 20.0. The van der Waals surface area contributed by atoms with Crippen LogP contribution in [0.15, 0.2) is 12.2 Å². The van der Waals surface area contributed by atoms with Gasteiger partial charge in [0.2, 0.25) is 0 Å². The SMILES string of the molecule is C=C1C(OC(C)=O)[C@@]23C(=O)[C@@H](O)[C@@H]4C(C)(C)CC[C@H](O)[C@@]4(C)[C@@H]2CC[C@@H]1[C@H]3O. The van der Waals surface area contributed by atoms with Gasteiger partial charge in [0, 0.05) is 24.2 Å². The summed E-state index contributed by atoms with van der Waals surface area (Å²) in [5.74, 6) is -2.17. The zero-order valence-electron chi connectivity index (χ0n) is 17.1. The third-order valence-electron chi connectivity index (χ3n) is 8.80. The first-order chi connectivity index (χ1) is 12.9. The van der Waals surface area contributed by atoms with E-state index in [0.29, 0.717) is 31.3 Å². The van der Waals surface area contributed by atoms with Gasteiger partial charge in [-0.2, -0.15) is 0 Å². The van der Waals surface area contributed by atoms with Gasteiger partial charge in [0.25, 0.3) is 0 Å². The van der Waals surface area contributed by atoms with Crippen LogP contribution in [0.3, 0.4) is 0 Å². The Kier molecular flexibility index (Phi) is 4.22. The maximum absolute atomic E-state index is 13.8. The van der Waals surface area contributed by atoms with E-state index in [1.165, 1.54) is 6.92 Å². The monoisotopic (exact) mass is 392 g/mol. The van der Waals surface area contributed by atoms with Gasteiger partial charge in [-0.15, -0.1) is 0 Å². The Bertz CT molecular complexity index is 743. The smallest absolute Gasteiger partial charge is 0.303 e. The molecule has 0 aromatic carbocycles. The molecular weight excluding hydrogens is 360 g/mol. The van der Waals surface area contributed by atoms with Crippen molar-refractivity contribution < 1.29 is 29.6 Å². The molecule has 0 aromatic rings. The minimum absolute atomic E-state index is 0.334. The van der Waals surface area contributed by atoms with Crippen molar-refractivity contribution >= 4 is 11.8 Å². The highest BCUT2D eigenvalue weighted by molar-refractivity contribution is 5.94. The molecular formula is C22H32O6. The molecule has 0 radical (unpaired) electrons. The summed E-state index contributed by atoms with van der Waals surface area (Å²) in [5, 5.41) is 33.7. The van der Waals surface area contributed by atoms with Crippen LogP contribution in [0.2, 0.25) is 0 Å². The van der Waals surface area contributed by atoms with E-state index in [-0.39, 0.29) is 11.3 Å². The lowest BCUT2D eigenvalue weighted by Crippen LogP contribution is -2.74. The zero-order chi connectivity index (χ0) is 20.8. The quantitative estimate of drug-likeness (QED) is 0.463. The van der Waals surface area contributed by atoms with Gasteiger partial charge < -0.3 is 20.1 Å². The van der Waals surface area contributed by atoms with Crippen LogP contribution < -0.4 is 0 Å². The van der Waals surface area contributed by atoms with Crippen LogP contribution in [0.5, 0.6) is 0 Å². The fourth-order valence-electron chi connectivity index (χ4n) is 7.77. The van der Waals surface area contributed by atoms with Crippen molar-refractivity contribution in [3.63, 3.8) is 0 Å². The fourth-order valence-corrected chi connectivity index (χ4v) is 7.77. The van der Waals surface area contributed by atoms with Crippen molar-refractivity contribution in [1.82, 2.24) is 0 Å². The van der Waals surface area contributed by atoms with E-state index in [1.54, 1.807) is 0 Å². The molecule has 4 fully saturated rings. The number of hydrogen-bond donors (Lipinski definition) is 3. The van der Waals surface area contributed by atoms with E-state index >= 15 is 0 Å². The molecule has 0 aromatic heterocycles. The summed E-state index contributed by atoms with van der Waals surface area (Å²) >= 11 is 0. The largest absolute Gasteiger partial charge is 0.457 e. The number of hydrogen-bond acceptors (Lipinski definition) is 6. The number of ether oxygens (including phenoxy) is 1. The number of carbonyl (C=O) groups excluding carboxylic acids is 2. The van der Waals surface area contributed by atoms with Gasteiger partial charge in [-0.3, -0.25) is 9.59 Å². The summed E-state index contributed by atoms with van der Waals surface area (Å²) in [6.45, 7) is 11.4. The van der Waals surface area contributed by atoms with E-state index in [2.05, 4.69) is 6.58 Å². The molecule has 0 heterocycles. The summed E-state index contributed by atoms with van der Waals surface area (Å²) in [7, 11) is 0. The number of aliphatic hydroxyl groups excluding tert-OH is 3. The van der Waals surface area contributed by atoms with Gasteiger partial charge in [-0.05, 0) is 42.6 Å². The standard InChI is InChI=1S/C22H32O6/c1-10-12-6-7-13-21(5)14(24)8-9-20(3,4)16(21)15(25)18(27)22(13,17(12)26)19(10)28-11(2)23/h12-17,19,24-26H,1,6-9H2,2-5H3/t12-,13-,14-,15-,16+,17+,19?,21+,22-/m0/s1. The molecule has 1 unspecified atom stereocenters. The second-order valence-electron chi connectivity index (χ2n) is 10.4. The highest BCUT2D eigenvalue weighted by Crippen LogP contribution is 2.71. The third-order valence-corrected chi connectivity index (χ3v) is 8.80. The van der Waals surface area contributed by atoms with E-state index in [4.69, 9.17) is 4.74 Å². The number of rotatable bonds is 1. The fraction of sp³-hybridized carbons (Fsp3) is 0.818. The lowest BCUT2D eigenvalue weighted by molar-refractivity contribution is -0.252. The molecule has 4 aliphatic carbocycles. The van der Waals surface area contributed by atoms with Crippen LogP contribution in [-0.4, -0.2) is 51.5 Å². The van der Waals surface area contributed by atoms with E-state index in [0.717, 1.165) is 0 Å². The first-order valence-corrected chi connectivity index (χ1v) is 10.4. The van der Waals surface area contributed by atoms with Crippen LogP contribution in [0, 0.1) is 34.0 Å². The lowest BCUT2D eigenvalue weighted by atomic mass is 9.38. The predicted octanol–water partition coefficient (Wildman–Crippen LogP) is 1.61. The number of aliphatic hydroxyl groups is 3. The minimum atomic E-state index is -1.44. The summed E-state index contributed by atoms with van der Waals surface area (Å²) in [5.41, 5.74) is -1.99. The zero-order valence-corrected chi connectivity index (χ0v) is 17.1. The second kappa shape index (κ2) is 5.89. The molecule has 3 N–H and O–H groups in total. The van der Waals surface area contributed by atoms with Crippen molar-refractivity contribution in [2.75, 3.05) is 0 Å². The Hall–Kier alpha value is -1.24. The van der Waals surface area contributed by atoms with Crippen LogP contribution >= 0.6 is 0 Å². The number of ketones is 1. The van der Waals surface area contributed by atoms with E-state index < -0.39 is 58.8 Å². The first-order valence-electron chi connectivity index (χ1n) is 10.4. The molecule has 2 bridgehead atoms. The predicted molar refractivity (Wildman–Crippen MR) is 101 cm³/mol. The number of carbonyl (C=O) groups is 2. The van der Waals surface area contributed by atoms with Crippen LogP contribution in [0.4, 0.5) is 0 Å². The second-order valence-corrected chi connectivity index (χ2v) is 10.4. The van der Waals surface area contributed by atoms with Crippen molar-refractivity contribution in [3.8, 4) is 0 Å². The van der Waals surface area contributed by atoms with Gasteiger partial charge >= 0.3 is 5.97 Å². The van der Waals surface area contributed by atoms with E-state index in [9.17, 15) is 24.9 Å². The average Bonchev–Trinajstić information content (AvgIpc) is 2.72. The number of Topliss-reactive ketones (excluding diaryl/α,β-unsaturated/α-hetero) is 1. The molecule has 6 heteroatoms. The van der Waals surface area contributed by atoms with Crippen LogP contribution in [0.25, 0.3) is 0 Å².